The van der Waals surface area contributed by atoms with Crippen molar-refractivity contribution in [3.05, 3.63) is 52.7 Å². The van der Waals surface area contributed by atoms with E-state index in [-0.39, 0.29) is 6.61 Å². The number of halogens is 1. The van der Waals surface area contributed by atoms with Crippen molar-refractivity contribution in [1.82, 2.24) is 4.98 Å². The van der Waals surface area contributed by atoms with Crippen LogP contribution in [-0.4, -0.2) is 10.9 Å². The van der Waals surface area contributed by atoms with E-state index in [1.807, 2.05) is 0 Å². The fourth-order valence-electron chi connectivity index (χ4n) is 1.47. The van der Waals surface area contributed by atoms with Crippen molar-refractivity contribution in [2.24, 2.45) is 5.73 Å². The lowest BCUT2D eigenvalue weighted by atomic mass is 10.2. The summed E-state index contributed by atoms with van der Waals surface area (Å²) in [4.78, 5) is 15.0. The second kappa shape index (κ2) is 5.58. The average molecular weight is 278 g/mol. The molecule has 0 aliphatic carbocycles. The summed E-state index contributed by atoms with van der Waals surface area (Å²) < 4.78 is 5.51. The lowest BCUT2D eigenvalue weighted by Crippen LogP contribution is -2.10. The van der Waals surface area contributed by atoms with E-state index in [0.717, 1.165) is 0 Å². The van der Waals surface area contributed by atoms with Crippen molar-refractivity contribution in [3.63, 3.8) is 0 Å². The van der Waals surface area contributed by atoms with E-state index < -0.39 is 5.91 Å². The molecule has 0 saturated heterocycles. The van der Waals surface area contributed by atoms with Crippen LogP contribution in [0.2, 0.25) is 5.02 Å². The normalized spacial score (nSPS) is 10.2. The molecule has 0 bridgehead atoms. The van der Waals surface area contributed by atoms with Gasteiger partial charge < -0.3 is 16.2 Å². The summed E-state index contributed by atoms with van der Waals surface area (Å²) in [6.07, 6.45) is 0. The topological polar surface area (TPSA) is 91.2 Å². The summed E-state index contributed by atoms with van der Waals surface area (Å²) >= 11 is 5.97. The van der Waals surface area contributed by atoms with E-state index in [9.17, 15) is 4.79 Å². The van der Waals surface area contributed by atoms with Crippen LogP contribution in [0.3, 0.4) is 0 Å². The number of rotatable bonds is 4. The number of primary amides is 1. The summed E-state index contributed by atoms with van der Waals surface area (Å²) in [7, 11) is 0. The Bertz CT molecular complexity index is 599. The zero-order valence-electron chi connectivity index (χ0n) is 9.97. The Hall–Kier alpha value is -2.27. The Balaban J connectivity index is 2.06. The summed E-state index contributed by atoms with van der Waals surface area (Å²) in [6, 6.07) is 9.77. The zero-order valence-corrected chi connectivity index (χ0v) is 10.7. The largest absolute Gasteiger partial charge is 0.487 e. The molecular weight excluding hydrogens is 266 g/mol. The molecule has 2 rings (SSSR count). The zero-order chi connectivity index (χ0) is 13.8. The highest BCUT2D eigenvalue weighted by molar-refractivity contribution is 6.31. The molecule has 1 aromatic carbocycles. The molecule has 0 unspecified atom stereocenters. The van der Waals surface area contributed by atoms with Gasteiger partial charge in [-0.15, -0.1) is 0 Å². The van der Waals surface area contributed by atoms with Gasteiger partial charge in [-0.3, -0.25) is 4.79 Å². The highest BCUT2D eigenvalue weighted by Gasteiger charge is 2.05. The molecule has 5 nitrogen and oxygen atoms in total. The number of benzene rings is 1. The van der Waals surface area contributed by atoms with Crippen LogP contribution in [0, 0.1) is 0 Å². The fraction of sp³-hybridized carbons (Fsp3) is 0.0769. The summed E-state index contributed by atoms with van der Waals surface area (Å²) in [5.74, 6) is 0.490. The molecule has 0 saturated carbocycles. The van der Waals surface area contributed by atoms with E-state index >= 15 is 0 Å². The van der Waals surface area contributed by atoms with Gasteiger partial charge in [-0.1, -0.05) is 11.6 Å². The molecule has 19 heavy (non-hydrogen) atoms. The molecule has 1 heterocycles. The Morgan fingerprint density at radius 2 is 1.89 bits per heavy atom. The van der Waals surface area contributed by atoms with E-state index in [0.29, 0.717) is 27.8 Å². The van der Waals surface area contributed by atoms with E-state index in [2.05, 4.69) is 4.98 Å². The van der Waals surface area contributed by atoms with Gasteiger partial charge >= 0.3 is 0 Å². The first-order chi connectivity index (χ1) is 9.06. The number of ether oxygens (including phenoxy) is 1. The third-order valence-electron chi connectivity index (χ3n) is 2.45. The first-order valence-corrected chi connectivity index (χ1v) is 5.87. The predicted molar refractivity (Wildman–Crippen MR) is 73.0 cm³/mol. The van der Waals surface area contributed by atoms with Gasteiger partial charge in [-0.25, -0.2) is 4.98 Å². The lowest BCUT2D eigenvalue weighted by Gasteiger charge is -2.08. The van der Waals surface area contributed by atoms with Crippen LogP contribution in [0.4, 0.5) is 5.82 Å². The van der Waals surface area contributed by atoms with Gasteiger partial charge in [0.2, 0.25) is 5.91 Å². The minimum Gasteiger partial charge on any atom is -0.487 e. The van der Waals surface area contributed by atoms with Crippen molar-refractivity contribution >= 4 is 23.3 Å². The Labute approximate surface area is 115 Å². The third kappa shape index (κ3) is 3.35. The number of anilines is 1. The number of hydrogen-bond donors (Lipinski definition) is 2. The van der Waals surface area contributed by atoms with E-state index in [1.165, 1.54) is 0 Å². The summed E-state index contributed by atoms with van der Waals surface area (Å²) in [5, 5.41) is 0.489. The number of hydrogen-bond acceptors (Lipinski definition) is 4. The predicted octanol–water partition coefficient (Wildman–Crippen LogP) is 2.00. The number of amides is 1. The third-order valence-corrected chi connectivity index (χ3v) is 2.80. The standard InChI is InChI=1S/C13H12ClN3O2/c14-10-5-6-12(15)17-11(10)7-19-9-3-1-8(2-4-9)13(16)18/h1-6H,7H2,(H2,15,17)(H2,16,18). The number of carbonyl (C=O) groups excluding carboxylic acids is 1. The number of carbonyl (C=O) groups is 1. The van der Waals surface area contributed by atoms with Gasteiger partial charge in [-0.05, 0) is 36.4 Å². The van der Waals surface area contributed by atoms with Crippen molar-refractivity contribution in [3.8, 4) is 5.75 Å². The minimum atomic E-state index is -0.480. The minimum absolute atomic E-state index is 0.194. The Kier molecular flexibility index (Phi) is 3.87. The monoisotopic (exact) mass is 277 g/mol. The molecule has 2 aromatic rings. The van der Waals surface area contributed by atoms with Gasteiger partial charge in [0, 0.05) is 5.56 Å². The molecule has 0 spiro atoms. The summed E-state index contributed by atoms with van der Waals surface area (Å²) in [6.45, 7) is 0.194. The Morgan fingerprint density at radius 3 is 2.53 bits per heavy atom. The molecule has 1 aromatic heterocycles. The molecule has 0 atom stereocenters. The molecule has 4 N–H and O–H groups in total. The second-order valence-electron chi connectivity index (χ2n) is 3.84. The maximum Gasteiger partial charge on any atom is 0.248 e. The maximum atomic E-state index is 10.9. The number of pyridine rings is 1. The molecule has 0 aliphatic heterocycles. The van der Waals surface area contributed by atoms with Gasteiger partial charge in [0.05, 0.1) is 10.7 Å². The van der Waals surface area contributed by atoms with E-state index in [1.54, 1.807) is 36.4 Å². The smallest absolute Gasteiger partial charge is 0.248 e. The van der Waals surface area contributed by atoms with Crippen LogP contribution >= 0.6 is 11.6 Å². The molecule has 0 fully saturated rings. The molecule has 1 amide bonds. The van der Waals surface area contributed by atoms with Crippen LogP contribution < -0.4 is 16.2 Å². The molecule has 98 valence electrons. The number of aromatic nitrogens is 1. The summed E-state index contributed by atoms with van der Waals surface area (Å²) in [5.41, 5.74) is 11.7. The Morgan fingerprint density at radius 1 is 1.21 bits per heavy atom. The van der Waals surface area contributed by atoms with Crippen molar-refractivity contribution in [2.45, 2.75) is 6.61 Å². The highest BCUT2D eigenvalue weighted by Crippen LogP contribution is 2.18. The molecule has 0 aliphatic rings. The highest BCUT2D eigenvalue weighted by atomic mass is 35.5. The molecule has 0 radical (unpaired) electrons. The van der Waals surface area contributed by atoms with Crippen molar-refractivity contribution in [2.75, 3.05) is 5.73 Å². The van der Waals surface area contributed by atoms with Crippen LogP contribution in [0.5, 0.6) is 5.75 Å². The first kappa shape index (κ1) is 13.2. The molecular formula is C13H12ClN3O2. The van der Waals surface area contributed by atoms with Crippen LogP contribution in [0.25, 0.3) is 0 Å². The maximum absolute atomic E-state index is 10.9. The number of nitrogens with zero attached hydrogens (tertiary/aromatic N) is 1. The second-order valence-corrected chi connectivity index (χ2v) is 4.25. The van der Waals surface area contributed by atoms with Gasteiger partial charge in [0.25, 0.3) is 0 Å². The lowest BCUT2D eigenvalue weighted by molar-refractivity contribution is 0.100. The fourth-order valence-corrected chi connectivity index (χ4v) is 1.63. The van der Waals surface area contributed by atoms with E-state index in [4.69, 9.17) is 27.8 Å². The van der Waals surface area contributed by atoms with Gasteiger partial charge in [-0.2, -0.15) is 0 Å². The number of nitrogens with two attached hydrogens (primary N) is 2. The van der Waals surface area contributed by atoms with Crippen LogP contribution in [0.1, 0.15) is 16.1 Å². The van der Waals surface area contributed by atoms with Gasteiger partial charge in [0.1, 0.15) is 18.2 Å². The molecule has 6 heteroatoms. The SMILES string of the molecule is NC(=O)c1ccc(OCc2nc(N)ccc2Cl)cc1. The first-order valence-electron chi connectivity index (χ1n) is 5.50. The van der Waals surface area contributed by atoms with Crippen molar-refractivity contribution < 1.29 is 9.53 Å². The van der Waals surface area contributed by atoms with Crippen LogP contribution in [0.15, 0.2) is 36.4 Å². The van der Waals surface area contributed by atoms with Crippen molar-refractivity contribution in [1.29, 1.82) is 0 Å². The average Bonchev–Trinajstić information content (AvgIpc) is 2.40. The van der Waals surface area contributed by atoms with Crippen LogP contribution in [-0.2, 0) is 6.61 Å². The number of nitrogen functional groups attached to an aromatic ring is 1. The van der Waals surface area contributed by atoms with Gasteiger partial charge in [0.15, 0.2) is 0 Å². The quantitative estimate of drug-likeness (QED) is 0.894.